The molecule has 0 saturated heterocycles. The van der Waals surface area contributed by atoms with Crippen molar-refractivity contribution in [2.45, 2.75) is 13.8 Å². The highest BCUT2D eigenvalue weighted by molar-refractivity contribution is 9.10. The predicted octanol–water partition coefficient (Wildman–Crippen LogP) is 3.69. The first-order chi connectivity index (χ1) is 6.61. The summed E-state index contributed by atoms with van der Waals surface area (Å²) in [6.07, 6.45) is 3.47. The van der Waals surface area contributed by atoms with Crippen LogP contribution in [0.4, 0.5) is 0 Å². The third-order valence-electron chi connectivity index (χ3n) is 1.90. The first-order valence-electron chi connectivity index (χ1n) is 4.57. The molecule has 0 aliphatic heterocycles. The van der Waals surface area contributed by atoms with Crippen molar-refractivity contribution in [1.82, 2.24) is 0 Å². The molecular formula is C12H13BrO. The van der Waals surface area contributed by atoms with E-state index < -0.39 is 0 Å². The molecule has 0 heterocycles. The van der Waals surface area contributed by atoms with Gasteiger partial charge in [-0.2, -0.15) is 0 Å². The molecule has 2 heteroatoms. The van der Waals surface area contributed by atoms with Crippen LogP contribution >= 0.6 is 15.9 Å². The Hall–Kier alpha value is -0.890. The number of halogens is 1. The first kappa shape index (κ1) is 11.2. The lowest BCUT2D eigenvalue weighted by atomic mass is 10.1. The van der Waals surface area contributed by atoms with E-state index in [0.29, 0.717) is 0 Å². The Morgan fingerprint density at radius 3 is 2.57 bits per heavy atom. The van der Waals surface area contributed by atoms with Gasteiger partial charge in [0.05, 0.1) is 0 Å². The number of ketones is 1. The zero-order valence-corrected chi connectivity index (χ0v) is 9.91. The molecule has 1 nitrogen and oxygen atoms in total. The molecule has 14 heavy (non-hydrogen) atoms. The van der Waals surface area contributed by atoms with Gasteiger partial charge in [0.2, 0.25) is 0 Å². The summed E-state index contributed by atoms with van der Waals surface area (Å²) in [5.41, 5.74) is 1.03. The summed E-state index contributed by atoms with van der Waals surface area (Å²) < 4.78 is 1.01. The van der Waals surface area contributed by atoms with Crippen LogP contribution in [0.5, 0.6) is 0 Å². The third kappa shape index (κ3) is 3.11. The second-order valence-electron chi connectivity index (χ2n) is 3.41. The number of benzene rings is 1. The lowest BCUT2D eigenvalue weighted by Crippen LogP contribution is -2.01. The largest absolute Gasteiger partial charge is 0.295 e. The van der Waals surface area contributed by atoms with Crippen LogP contribution in [0.15, 0.2) is 34.8 Å². The highest BCUT2D eigenvalue weighted by atomic mass is 79.9. The Morgan fingerprint density at radius 1 is 1.36 bits per heavy atom. The summed E-state index contributed by atoms with van der Waals surface area (Å²) >= 11 is 3.42. The second kappa shape index (κ2) is 5.11. The minimum Gasteiger partial charge on any atom is -0.295 e. The van der Waals surface area contributed by atoms with Crippen molar-refractivity contribution in [1.29, 1.82) is 0 Å². The van der Waals surface area contributed by atoms with Gasteiger partial charge in [-0.3, -0.25) is 4.79 Å². The smallest absolute Gasteiger partial charge is 0.158 e. The second-order valence-corrected chi connectivity index (χ2v) is 4.27. The lowest BCUT2D eigenvalue weighted by molar-refractivity contribution is -0.117. The molecule has 0 fully saturated rings. The van der Waals surface area contributed by atoms with Crippen molar-refractivity contribution >= 4 is 27.8 Å². The summed E-state index contributed by atoms with van der Waals surface area (Å²) in [4.78, 5) is 11.3. The molecule has 1 aromatic carbocycles. The molecule has 0 unspecified atom stereocenters. The number of hydrogen-bond donors (Lipinski definition) is 0. The van der Waals surface area contributed by atoms with Crippen molar-refractivity contribution in [2.24, 2.45) is 5.92 Å². The van der Waals surface area contributed by atoms with Crippen LogP contribution in [0, 0.1) is 5.92 Å². The average molecular weight is 253 g/mol. The predicted molar refractivity (Wildman–Crippen MR) is 63.0 cm³/mol. The van der Waals surface area contributed by atoms with Gasteiger partial charge in [-0.05, 0) is 17.7 Å². The van der Waals surface area contributed by atoms with Crippen molar-refractivity contribution in [3.63, 3.8) is 0 Å². The van der Waals surface area contributed by atoms with Crippen LogP contribution in [0.2, 0.25) is 0 Å². The molecule has 0 saturated carbocycles. The topological polar surface area (TPSA) is 17.1 Å². The van der Waals surface area contributed by atoms with Gasteiger partial charge in [0.25, 0.3) is 0 Å². The highest BCUT2D eigenvalue weighted by Gasteiger charge is 2.01. The van der Waals surface area contributed by atoms with Gasteiger partial charge in [-0.25, -0.2) is 0 Å². The van der Waals surface area contributed by atoms with Crippen LogP contribution in [-0.2, 0) is 4.79 Å². The van der Waals surface area contributed by atoms with E-state index >= 15 is 0 Å². The Kier molecular flexibility index (Phi) is 4.08. The van der Waals surface area contributed by atoms with Gasteiger partial charge in [0.15, 0.2) is 5.78 Å². The summed E-state index contributed by atoms with van der Waals surface area (Å²) in [5, 5.41) is 0. The Balaban J connectivity index is 2.79. The molecule has 0 aliphatic rings. The van der Waals surface area contributed by atoms with Crippen LogP contribution in [-0.4, -0.2) is 5.78 Å². The van der Waals surface area contributed by atoms with E-state index in [0.717, 1.165) is 10.0 Å². The first-order valence-corrected chi connectivity index (χ1v) is 5.37. The quantitative estimate of drug-likeness (QED) is 0.751. The Bertz CT molecular complexity index is 353. The molecule has 0 N–H and O–H groups in total. The van der Waals surface area contributed by atoms with Gasteiger partial charge in [0.1, 0.15) is 0 Å². The normalized spacial score (nSPS) is 11.1. The Labute approximate surface area is 93.0 Å². The number of allylic oxidation sites excluding steroid dienone is 1. The fourth-order valence-corrected chi connectivity index (χ4v) is 1.39. The molecule has 0 radical (unpaired) electrons. The summed E-state index contributed by atoms with van der Waals surface area (Å²) in [5.74, 6) is 0.217. The molecule has 0 amide bonds. The summed E-state index contributed by atoms with van der Waals surface area (Å²) in [7, 11) is 0. The van der Waals surface area contributed by atoms with E-state index in [9.17, 15) is 4.79 Å². The third-order valence-corrected chi connectivity index (χ3v) is 2.62. The monoisotopic (exact) mass is 252 g/mol. The minimum atomic E-state index is 0.0636. The van der Waals surface area contributed by atoms with Gasteiger partial charge < -0.3 is 0 Å². The summed E-state index contributed by atoms with van der Waals surface area (Å²) in [6, 6.07) is 7.82. The maximum Gasteiger partial charge on any atom is 0.158 e. The van der Waals surface area contributed by atoms with Crippen LogP contribution in [0.3, 0.4) is 0 Å². The fraction of sp³-hybridized carbons (Fsp3) is 0.250. The molecule has 0 bridgehead atoms. The van der Waals surface area contributed by atoms with Gasteiger partial charge in [0, 0.05) is 10.4 Å². The molecular weight excluding hydrogens is 240 g/mol. The Morgan fingerprint density at radius 2 is 2.00 bits per heavy atom. The number of rotatable bonds is 3. The van der Waals surface area contributed by atoms with Crippen molar-refractivity contribution < 1.29 is 4.79 Å². The van der Waals surface area contributed by atoms with Crippen molar-refractivity contribution in [2.75, 3.05) is 0 Å². The van der Waals surface area contributed by atoms with Gasteiger partial charge >= 0.3 is 0 Å². The highest BCUT2D eigenvalue weighted by Crippen LogP contribution is 2.17. The molecule has 1 aromatic rings. The molecule has 0 aliphatic carbocycles. The molecule has 0 atom stereocenters. The van der Waals surface area contributed by atoms with Crippen molar-refractivity contribution in [3.8, 4) is 0 Å². The molecule has 74 valence electrons. The average Bonchev–Trinajstić information content (AvgIpc) is 2.16. The van der Waals surface area contributed by atoms with E-state index in [1.165, 1.54) is 0 Å². The van der Waals surface area contributed by atoms with Crippen molar-refractivity contribution in [3.05, 3.63) is 40.4 Å². The molecule has 0 aromatic heterocycles. The molecule has 0 spiro atoms. The van der Waals surface area contributed by atoms with Crippen LogP contribution in [0.25, 0.3) is 6.08 Å². The zero-order valence-electron chi connectivity index (χ0n) is 8.33. The van der Waals surface area contributed by atoms with E-state index in [2.05, 4.69) is 15.9 Å². The minimum absolute atomic E-state index is 0.0636. The number of hydrogen-bond acceptors (Lipinski definition) is 1. The maximum absolute atomic E-state index is 11.3. The van der Waals surface area contributed by atoms with Gasteiger partial charge in [-0.1, -0.05) is 54.1 Å². The SMILES string of the molecule is CC(C)C(=O)C=Cc1ccccc1Br. The standard InChI is InChI=1S/C12H13BrO/c1-9(2)12(14)8-7-10-5-3-4-6-11(10)13/h3-9H,1-2H3. The number of carbonyl (C=O) groups is 1. The van der Waals surface area contributed by atoms with E-state index in [1.54, 1.807) is 6.08 Å². The van der Waals surface area contributed by atoms with Crippen LogP contribution < -0.4 is 0 Å². The number of carbonyl (C=O) groups excluding carboxylic acids is 1. The fourth-order valence-electron chi connectivity index (χ4n) is 0.975. The van der Waals surface area contributed by atoms with Crippen LogP contribution in [0.1, 0.15) is 19.4 Å². The lowest BCUT2D eigenvalue weighted by Gasteiger charge is -1.98. The maximum atomic E-state index is 11.3. The van der Waals surface area contributed by atoms with E-state index in [1.807, 2.05) is 44.2 Å². The molecule has 1 rings (SSSR count). The zero-order chi connectivity index (χ0) is 10.6. The van der Waals surface area contributed by atoms with E-state index in [4.69, 9.17) is 0 Å². The van der Waals surface area contributed by atoms with Gasteiger partial charge in [-0.15, -0.1) is 0 Å². The summed E-state index contributed by atoms with van der Waals surface area (Å²) in [6.45, 7) is 3.79. The van der Waals surface area contributed by atoms with E-state index in [-0.39, 0.29) is 11.7 Å².